The summed E-state index contributed by atoms with van der Waals surface area (Å²) in [7, 11) is 0. The summed E-state index contributed by atoms with van der Waals surface area (Å²) in [5.74, 6) is 0.269. The van der Waals surface area contributed by atoms with Gasteiger partial charge in [0.15, 0.2) is 0 Å². The van der Waals surface area contributed by atoms with Crippen molar-refractivity contribution in [1.82, 2.24) is 15.0 Å². The third-order valence-corrected chi connectivity index (χ3v) is 3.08. The molecule has 0 saturated heterocycles. The molecule has 4 nitrogen and oxygen atoms in total. The number of benzene rings is 1. The van der Waals surface area contributed by atoms with E-state index >= 15 is 0 Å². The van der Waals surface area contributed by atoms with Crippen molar-refractivity contribution in [2.45, 2.75) is 6.92 Å². The third kappa shape index (κ3) is 2.49. The first-order chi connectivity index (χ1) is 9.72. The quantitative estimate of drug-likeness (QED) is 0.770. The molecular formula is C16H14N4. The minimum atomic E-state index is 0.269. The molecule has 0 fully saturated rings. The van der Waals surface area contributed by atoms with Crippen LogP contribution < -0.4 is 5.73 Å². The summed E-state index contributed by atoms with van der Waals surface area (Å²) in [6, 6.07) is 14.1. The number of anilines is 1. The van der Waals surface area contributed by atoms with E-state index in [0.717, 1.165) is 22.5 Å². The molecule has 0 unspecified atom stereocenters. The summed E-state index contributed by atoms with van der Waals surface area (Å²) >= 11 is 0. The lowest BCUT2D eigenvalue weighted by Crippen LogP contribution is -1.95. The van der Waals surface area contributed by atoms with Gasteiger partial charge in [0.05, 0.1) is 11.4 Å². The molecule has 2 N–H and O–H groups in total. The maximum Gasteiger partial charge on any atom is 0.220 e. The van der Waals surface area contributed by atoms with Crippen LogP contribution in [0, 0.1) is 6.92 Å². The minimum Gasteiger partial charge on any atom is -0.368 e. The van der Waals surface area contributed by atoms with Crippen LogP contribution in [0.25, 0.3) is 22.5 Å². The molecule has 0 aliphatic heterocycles. The zero-order chi connectivity index (χ0) is 13.9. The summed E-state index contributed by atoms with van der Waals surface area (Å²) in [4.78, 5) is 12.6. The molecule has 3 rings (SSSR count). The van der Waals surface area contributed by atoms with E-state index in [9.17, 15) is 0 Å². The van der Waals surface area contributed by atoms with Crippen LogP contribution in [0.4, 0.5) is 5.95 Å². The van der Waals surface area contributed by atoms with Crippen molar-refractivity contribution in [3.63, 3.8) is 0 Å². The first-order valence-corrected chi connectivity index (χ1v) is 6.34. The normalized spacial score (nSPS) is 10.4. The van der Waals surface area contributed by atoms with Gasteiger partial charge in [0.2, 0.25) is 5.95 Å². The van der Waals surface area contributed by atoms with E-state index in [1.165, 1.54) is 5.56 Å². The van der Waals surface area contributed by atoms with Gasteiger partial charge >= 0.3 is 0 Å². The van der Waals surface area contributed by atoms with Crippen molar-refractivity contribution in [3.05, 3.63) is 60.4 Å². The van der Waals surface area contributed by atoms with Gasteiger partial charge in [-0.15, -0.1) is 0 Å². The van der Waals surface area contributed by atoms with Gasteiger partial charge in [0.1, 0.15) is 0 Å². The minimum absolute atomic E-state index is 0.269. The Morgan fingerprint density at radius 3 is 2.20 bits per heavy atom. The molecule has 2 aromatic heterocycles. The lowest BCUT2D eigenvalue weighted by molar-refractivity contribution is 1.18. The fraction of sp³-hybridized carbons (Fsp3) is 0.0625. The molecule has 3 aromatic rings. The van der Waals surface area contributed by atoms with Crippen LogP contribution in [-0.2, 0) is 0 Å². The van der Waals surface area contributed by atoms with Gasteiger partial charge < -0.3 is 5.73 Å². The number of nitrogens with two attached hydrogens (primary N) is 1. The monoisotopic (exact) mass is 262 g/mol. The lowest BCUT2D eigenvalue weighted by Gasteiger charge is -2.04. The standard InChI is InChI=1S/C16H14N4/c1-11-2-4-12(5-3-11)14-7-6-13(10-19-14)15-8-9-18-16(17)20-15/h2-10H,1H3,(H2,17,18,20). The molecule has 2 heterocycles. The molecule has 0 saturated carbocycles. The van der Waals surface area contributed by atoms with Gasteiger partial charge in [-0.2, -0.15) is 0 Å². The van der Waals surface area contributed by atoms with E-state index in [0.29, 0.717) is 0 Å². The van der Waals surface area contributed by atoms with Crippen molar-refractivity contribution in [2.24, 2.45) is 0 Å². The molecule has 0 spiro atoms. The molecule has 1 aromatic carbocycles. The van der Waals surface area contributed by atoms with Crippen molar-refractivity contribution < 1.29 is 0 Å². The number of hydrogen-bond acceptors (Lipinski definition) is 4. The maximum atomic E-state index is 5.59. The second-order valence-corrected chi connectivity index (χ2v) is 4.60. The Morgan fingerprint density at radius 2 is 1.55 bits per heavy atom. The number of aromatic nitrogens is 3. The highest BCUT2D eigenvalue weighted by atomic mass is 15.0. The summed E-state index contributed by atoms with van der Waals surface area (Å²) in [6.45, 7) is 2.07. The zero-order valence-corrected chi connectivity index (χ0v) is 11.1. The number of nitrogen functional groups attached to an aromatic ring is 1. The van der Waals surface area contributed by atoms with E-state index in [4.69, 9.17) is 5.73 Å². The summed E-state index contributed by atoms with van der Waals surface area (Å²) in [6.07, 6.45) is 3.45. The Bertz CT molecular complexity index is 718. The van der Waals surface area contributed by atoms with E-state index in [2.05, 4.69) is 46.1 Å². The maximum absolute atomic E-state index is 5.59. The van der Waals surface area contributed by atoms with Crippen molar-refractivity contribution >= 4 is 5.95 Å². The Hall–Kier alpha value is -2.75. The number of nitrogens with zero attached hydrogens (tertiary/aromatic N) is 3. The second kappa shape index (κ2) is 5.09. The fourth-order valence-electron chi connectivity index (χ4n) is 1.98. The highest BCUT2D eigenvalue weighted by Gasteiger charge is 2.03. The smallest absolute Gasteiger partial charge is 0.220 e. The zero-order valence-electron chi connectivity index (χ0n) is 11.1. The van der Waals surface area contributed by atoms with E-state index < -0.39 is 0 Å². The second-order valence-electron chi connectivity index (χ2n) is 4.60. The Labute approximate surface area is 117 Å². The molecule has 0 radical (unpaired) electrons. The number of pyridine rings is 1. The lowest BCUT2D eigenvalue weighted by atomic mass is 10.1. The Morgan fingerprint density at radius 1 is 0.800 bits per heavy atom. The highest BCUT2D eigenvalue weighted by Crippen LogP contribution is 2.21. The summed E-state index contributed by atoms with van der Waals surface area (Å²) in [5.41, 5.74) is 10.6. The largest absolute Gasteiger partial charge is 0.368 e. The van der Waals surface area contributed by atoms with Crippen molar-refractivity contribution in [3.8, 4) is 22.5 Å². The molecule has 0 aliphatic carbocycles. The van der Waals surface area contributed by atoms with Gasteiger partial charge in [0, 0.05) is 23.5 Å². The SMILES string of the molecule is Cc1ccc(-c2ccc(-c3ccnc(N)n3)cn2)cc1. The van der Waals surface area contributed by atoms with Gasteiger partial charge in [-0.25, -0.2) is 9.97 Å². The molecule has 0 bridgehead atoms. The van der Waals surface area contributed by atoms with Gasteiger partial charge in [0.25, 0.3) is 0 Å². The van der Waals surface area contributed by atoms with Gasteiger partial charge in [-0.3, -0.25) is 4.98 Å². The molecule has 98 valence electrons. The number of hydrogen-bond donors (Lipinski definition) is 1. The first-order valence-electron chi connectivity index (χ1n) is 6.34. The van der Waals surface area contributed by atoms with E-state index in [-0.39, 0.29) is 5.95 Å². The van der Waals surface area contributed by atoms with Gasteiger partial charge in [-0.05, 0) is 25.1 Å². The predicted octanol–water partition coefficient (Wildman–Crippen LogP) is 3.10. The molecule has 0 aliphatic rings. The number of aryl methyl sites for hydroxylation is 1. The van der Waals surface area contributed by atoms with Crippen LogP contribution in [-0.4, -0.2) is 15.0 Å². The summed E-state index contributed by atoms with van der Waals surface area (Å²) < 4.78 is 0. The average Bonchev–Trinajstić information content (AvgIpc) is 2.48. The molecular weight excluding hydrogens is 248 g/mol. The third-order valence-electron chi connectivity index (χ3n) is 3.08. The predicted molar refractivity (Wildman–Crippen MR) is 79.8 cm³/mol. The van der Waals surface area contributed by atoms with Crippen LogP contribution in [0.1, 0.15) is 5.56 Å². The van der Waals surface area contributed by atoms with Crippen molar-refractivity contribution in [1.29, 1.82) is 0 Å². The van der Waals surface area contributed by atoms with Crippen LogP contribution in [0.5, 0.6) is 0 Å². The van der Waals surface area contributed by atoms with Crippen molar-refractivity contribution in [2.75, 3.05) is 5.73 Å². The molecule has 0 atom stereocenters. The van der Waals surface area contributed by atoms with E-state index in [1.54, 1.807) is 12.4 Å². The van der Waals surface area contributed by atoms with Crippen LogP contribution in [0.15, 0.2) is 54.9 Å². The number of rotatable bonds is 2. The topological polar surface area (TPSA) is 64.7 Å². The first kappa shape index (κ1) is 12.3. The Kier molecular flexibility index (Phi) is 3.13. The summed E-state index contributed by atoms with van der Waals surface area (Å²) in [5, 5.41) is 0. The highest BCUT2D eigenvalue weighted by molar-refractivity contribution is 5.65. The van der Waals surface area contributed by atoms with Crippen LogP contribution in [0.2, 0.25) is 0 Å². The van der Waals surface area contributed by atoms with Gasteiger partial charge in [-0.1, -0.05) is 29.8 Å². The fourth-order valence-corrected chi connectivity index (χ4v) is 1.98. The molecule has 4 heteroatoms. The Balaban J connectivity index is 1.93. The van der Waals surface area contributed by atoms with Crippen LogP contribution in [0.3, 0.4) is 0 Å². The average molecular weight is 262 g/mol. The van der Waals surface area contributed by atoms with E-state index in [1.807, 2.05) is 18.2 Å². The van der Waals surface area contributed by atoms with Crippen LogP contribution >= 0.6 is 0 Å². The molecule has 0 amide bonds. The molecule has 20 heavy (non-hydrogen) atoms.